The van der Waals surface area contributed by atoms with Crippen LogP contribution in [-0.4, -0.2) is 20.7 Å². The van der Waals surface area contributed by atoms with Crippen molar-refractivity contribution in [1.29, 1.82) is 0 Å². The van der Waals surface area contributed by atoms with Gasteiger partial charge in [-0.3, -0.25) is 9.48 Å². The largest absolute Gasteiger partial charge is 0.389 e. The Bertz CT molecular complexity index is 621. The van der Waals surface area contributed by atoms with Gasteiger partial charge in [-0.2, -0.15) is 5.10 Å². The summed E-state index contributed by atoms with van der Waals surface area (Å²) in [6.45, 7) is 0.417. The molecule has 19 heavy (non-hydrogen) atoms. The zero-order valence-corrected chi connectivity index (χ0v) is 11.3. The molecule has 0 aliphatic heterocycles. The average Bonchev–Trinajstić information content (AvgIpc) is 2.82. The highest BCUT2D eigenvalue weighted by Crippen LogP contribution is 2.05. The molecule has 0 bridgehead atoms. The molecule has 5 nitrogen and oxygen atoms in total. The Morgan fingerprint density at radius 1 is 1.47 bits per heavy atom. The Hall–Kier alpha value is -2.21. The first-order valence-electron chi connectivity index (χ1n) is 5.73. The lowest BCUT2D eigenvalue weighted by Crippen LogP contribution is -2.25. The van der Waals surface area contributed by atoms with Crippen molar-refractivity contribution in [3.63, 3.8) is 0 Å². The molecular weight excluding hydrogens is 260 g/mol. The van der Waals surface area contributed by atoms with Crippen LogP contribution in [0.1, 0.15) is 21.6 Å². The van der Waals surface area contributed by atoms with Crippen LogP contribution in [0.25, 0.3) is 0 Å². The van der Waals surface area contributed by atoms with E-state index in [1.807, 2.05) is 24.3 Å². The van der Waals surface area contributed by atoms with E-state index in [2.05, 4.69) is 10.4 Å². The third-order valence-electron chi connectivity index (χ3n) is 2.72. The number of nitrogens with one attached hydrogen (secondary N) is 1. The van der Waals surface area contributed by atoms with Crippen LogP contribution in [0, 0.1) is 0 Å². The lowest BCUT2D eigenvalue weighted by atomic mass is 10.1. The Morgan fingerprint density at radius 3 is 2.89 bits per heavy atom. The number of thiocarbonyl (C=S) groups is 1. The molecule has 0 atom stereocenters. The molecule has 0 unspecified atom stereocenters. The van der Waals surface area contributed by atoms with E-state index in [4.69, 9.17) is 18.0 Å². The topological polar surface area (TPSA) is 72.9 Å². The van der Waals surface area contributed by atoms with Gasteiger partial charge in [0.2, 0.25) is 0 Å². The molecule has 0 spiro atoms. The van der Waals surface area contributed by atoms with Crippen LogP contribution in [0.3, 0.4) is 0 Å². The van der Waals surface area contributed by atoms with Gasteiger partial charge in [0.15, 0.2) is 0 Å². The van der Waals surface area contributed by atoms with Crippen molar-refractivity contribution in [2.24, 2.45) is 12.8 Å². The maximum absolute atomic E-state index is 11.9. The van der Waals surface area contributed by atoms with Crippen LogP contribution >= 0.6 is 12.2 Å². The third kappa shape index (κ3) is 3.17. The monoisotopic (exact) mass is 274 g/mol. The maximum atomic E-state index is 11.9. The molecule has 2 rings (SSSR count). The first kappa shape index (κ1) is 13.2. The molecule has 0 radical (unpaired) electrons. The van der Waals surface area contributed by atoms with Gasteiger partial charge in [0.1, 0.15) is 10.7 Å². The third-order valence-corrected chi connectivity index (χ3v) is 2.95. The number of benzene rings is 1. The van der Waals surface area contributed by atoms with E-state index in [9.17, 15) is 4.79 Å². The fourth-order valence-electron chi connectivity index (χ4n) is 1.70. The highest BCUT2D eigenvalue weighted by Gasteiger charge is 2.09. The molecule has 1 heterocycles. The van der Waals surface area contributed by atoms with E-state index < -0.39 is 0 Å². The van der Waals surface area contributed by atoms with Gasteiger partial charge in [0.05, 0.1) is 0 Å². The molecule has 2 aromatic rings. The second-order valence-electron chi connectivity index (χ2n) is 4.09. The Kier molecular flexibility index (Phi) is 3.91. The molecule has 98 valence electrons. The maximum Gasteiger partial charge on any atom is 0.269 e. The van der Waals surface area contributed by atoms with E-state index in [1.54, 1.807) is 19.3 Å². The molecular formula is C13H14N4OS. The zero-order valence-electron chi connectivity index (χ0n) is 10.5. The normalized spacial score (nSPS) is 10.2. The minimum atomic E-state index is -0.166. The number of aromatic nitrogens is 2. The average molecular weight is 274 g/mol. The summed E-state index contributed by atoms with van der Waals surface area (Å²) in [6.07, 6.45) is 1.59. The predicted molar refractivity (Wildman–Crippen MR) is 76.7 cm³/mol. The van der Waals surface area contributed by atoms with Crippen molar-refractivity contribution in [2.75, 3.05) is 0 Å². The first-order valence-corrected chi connectivity index (χ1v) is 6.13. The van der Waals surface area contributed by atoms with Crippen molar-refractivity contribution in [3.8, 4) is 0 Å². The van der Waals surface area contributed by atoms with Crippen molar-refractivity contribution in [2.45, 2.75) is 6.54 Å². The van der Waals surface area contributed by atoms with Crippen LogP contribution in [0.5, 0.6) is 0 Å². The number of nitrogens with zero attached hydrogens (tertiary/aromatic N) is 2. The van der Waals surface area contributed by atoms with Gasteiger partial charge < -0.3 is 11.1 Å². The number of hydrogen-bond donors (Lipinski definition) is 2. The van der Waals surface area contributed by atoms with Crippen LogP contribution in [0.4, 0.5) is 0 Å². The highest BCUT2D eigenvalue weighted by atomic mass is 32.1. The second-order valence-corrected chi connectivity index (χ2v) is 4.53. The smallest absolute Gasteiger partial charge is 0.269 e. The lowest BCUT2D eigenvalue weighted by molar-refractivity contribution is 0.0941. The van der Waals surface area contributed by atoms with Crippen molar-refractivity contribution >= 4 is 23.1 Å². The number of carbonyl (C=O) groups excluding carboxylic acids is 1. The summed E-state index contributed by atoms with van der Waals surface area (Å²) in [5.41, 5.74) is 7.83. The van der Waals surface area contributed by atoms with Crippen LogP contribution < -0.4 is 11.1 Å². The van der Waals surface area contributed by atoms with Gasteiger partial charge in [0.25, 0.3) is 5.91 Å². The summed E-state index contributed by atoms with van der Waals surface area (Å²) in [5, 5.41) is 6.78. The van der Waals surface area contributed by atoms with Gasteiger partial charge in [-0.05, 0) is 17.7 Å². The van der Waals surface area contributed by atoms with Crippen molar-refractivity contribution < 1.29 is 4.79 Å². The summed E-state index contributed by atoms with van der Waals surface area (Å²) in [6, 6.07) is 9.15. The molecule has 1 aromatic heterocycles. The van der Waals surface area contributed by atoms with Gasteiger partial charge in [-0.1, -0.05) is 30.4 Å². The van der Waals surface area contributed by atoms with E-state index in [-0.39, 0.29) is 5.91 Å². The number of aryl methyl sites for hydroxylation is 1. The van der Waals surface area contributed by atoms with E-state index in [1.165, 1.54) is 4.68 Å². The number of nitrogens with two attached hydrogens (primary N) is 1. The Morgan fingerprint density at radius 2 is 2.26 bits per heavy atom. The van der Waals surface area contributed by atoms with Crippen molar-refractivity contribution in [3.05, 3.63) is 53.3 Å². The number of amides is 1. The van der Waals surface area contributed by atoms with Gasteiger partial charge in [0, 0.05) is 25.4 Å². The molecule has 0 aliphatic rings. The predicted octanol–water partition coefficient (Wildman–Crippen LogP) is 0.984. The number of rotatable bonds is 4. The van der Waals surface area contributed by atoms with E-state index >= 15 is 0 Å². The Balaban J connectivity index is 2.03. The van der Waals surface area contributed by atoms with Gasteiger partial charge in [-0.15, -0.1) is 0 Å². The number of hydrogen-bond acceptors (Lipinski definition) is 3. The van der Waals surface area contributed by atoms with E-state index in [0.717, 1.165) is 11.1 Å². The lowest BCUT2D eigenvalue weighted by Gasteiger charge is -2.07. The molecule has 1 aromatic carbocycles. The van der Waals surface area contributed by atoms with E-state index in [0.29, 0.717) is 17.2 Å². The Labute approximate surface area is 116 Å². The molecule has 0 saturated carbocycles. The van der Waals surface area contributed by atoms with Crippen LogP contribution in [0.15, 0.2) is 36.5 Å². The second kappa shape index (κ2) is 5.62. The standard InChI is InChI=1S/C13H14N4OS/c1-17-11(5-6-16-17)13(18)15-8-9-3-2-4-10(7-9)12(14)19/h2-7H,8H2,1H3,(H2,14,19)(H,15,18). The molecule has 3 N–H and O–H groups in total. The molecule has 0 aliphatic carbocycles. The fourth-order valence-corrected chi connectivity index (χ4v) is 1.83. The summed E-state index contributed by atoms with van der Waals surface area (Å²) < 4.78 is 1.53. The molecule has 0 saturated heterocycles. The highest BCUT2D eigenvalue weighted by molar-refractivity contribution is 7.80. The van der Waals surface area contributed by atoms with Gasteiger partial charge in [-0.25, -0.2) is 0 Å². The minimum absolute atomic E-state index is 0.166. The quantitative estimate of drug-likeness (QED) is 0.815. The molecule has 0 fully saturated rings. The summed E-state index contributed by atoms with van der Waals surface area (Å²) >= 11 is 4.92. The zero-order chi connectivity index (χ0) is 13.8. The SMILES string of the molecule is Cn1nccc1C(=O)NCc1cccc(C(N)=S)c1. The minimum Gasteiger partial charge on any atom is -0.389 e. The number of carbonyl (C=O) groups is 1. The molecule has 6 heteroatoms. The summed E-state index contributed by atoms with van der Waals surface area (Å²) in [4.78, 5) is 12.2. The molecule has 1 amide bonds. The summed E-state index contributed by atoms with van der Waals surface area (Å²) in [7, 11) is 1.72. The van der Waals surface area contributed by atoms with Crippen LogP contribution in [0.2, 0.25) is 0 Å². The first-order chi connectivity index (χ1) is 9.08. The van der Waals surface area contributed by atoms with Crippen molar-refractivity contribution in [1.82, 2.24) is 15.1 Å². The summed E-state index contributed by atoms with van der Waals surface area (Å²) in [5.74, 6) is -0.166. The fraction of sp³-hybridized carbons (Fsp3) is 0.154. The van der Waals surface area contributed by atoms with Crippen LogP contribution in [-0.2, 0) is 13.6 Å². The van der Waals surface area contributed by atoms with Gasteiger partial charge >= 0.3 is 0 Å².